The molecule has 1 aromatic carbocycles. The molecule has 0 aliphatic heterocycles. The molecule has 0 spiro atoms. The van der Waals surface area contributed by atoms with Gasteiger partial charge in [0.15, 0.2) is 6.61 Å². The highest BCUT2D eigenvalue weighted by Crippen LogP contribution is 2.24. The molecule has 0 aliphatic carbocycles. The zero-order valence-electron chi connectivity index (χ0n) is 11.3. The van der Waals surface area contributed by atoms with Crippen LogP contribution in [0.5, 0.6) is 0 Å². The van der Waals surface area contributed by atoms with Gasteiger partial charge in [-0.05, 0) is 12.1 Å². The first-order valence-electron chi connectivity index (χ1n) is 5.79. The first-order chi connectivity index (χ1) is 10.3. The molecule has 118 valence electrons. The van der Waals surface area contributed by atoms with E-state index in [0.717, 1.165) is 13.2 Å². The number of hydrogen-bond donors (Lipinski definition) is 1. The lowest BCUT2D eigenvalue weighted by molar-refractivity contribution is -0.384. The van der Waals surface area contributed by atoms with Crippen LogP contribution < -0.4 is 5.32 Å². The van der Waals surface area contributed by atoms with E-state index in [1.807, 2.05) is 0 Å². The lowest BCUT2D eigenvalue weighted by atomic mass is 10.2. The van der Waals surface area contributed by atoms with Crippen molar-refractivity contribution in [3.05, 3.63) is 38.9 Å². The maximum absolute atomic E-state index is 11.8. The average Bonchev–Trinajstić information content (AvgIpc) is 2.50. The molecule has 0 unspecified atom stereocenters. The molecule has 0 aliphatic rings. The van der Waals surface area contributed by atoms with Crippen LogP contribution >= 0.6 is 11.6 Å². The van der Waals surface area contributed by atoms with Crippen molar-refractivity contribution in [2.75, 3.05) is 20.3 Å². The van der Waals surface area contributed by atoms with Gasteiger partial charge in [-0.1, -0.05) is 11.6 Å². The normalized spacial score (nSPS) is 9.73. The number of carbonyl (C=O) groups excluding carboxylic acids is 3. The highest BCUT2D eigenvalue weighted by molar-refractivity contribution is 6.32. The number of ether oxygens (including phenoxy) is 2. The van der Waals surface area contributed by atoms with E-state index < -0.39 is 41.6 Å². The Kier molecular flexibility index (Phi) is 6.26. The molecule has 0 saturated carbocycles. The summed E-state index contributed by atoms with van der Waals surface area (Å²) in [4.78, 5) is 43.7. The van der Waals surface area contributed by atoms with Gasteiger partial charge in [0.25, 0.3) is 11.6 Å². The standard InChI is InChI=1S/C12H11ClN2O7/c1-21-11(17)6-22-10(16)5-14-12(18)7-2-3-8(13)9(4-7)15(19)20/h2-4H,5-6H2,1H3,(H,14,18). The molecule has 1 aromatic rings. The minimum atomic E-state index is -0.859. The number of halogens is 1. The Bertz CT molecular complexity index is 617. The van der Waals surface area contributed by atoms with Crippen LogP contribution in [0.2, 0.25) is 5.02 Å². The molecule has 0 heterocycles. The second-order valence-corrected chi connectivity index (χ2v) is 4.25. The van der Waals surface area contributed by atoms with E-state index in [1.165, 1.54) is 12.1 Å². The van der Waals surface area contributed by atoms with Gasteiger partial charge in [-0.15, -0.1) is 0 Å². The van der Waals surface area contributed by atoms with Gasteiger partial charge in [-0.3, -0.25) is 19.7 Å². The van der Waals surface area contributed by atoms with Crippen molar-refractivity contribution in [1.29, 1.82) is 0 Å². The maximum Gasteiger partial charge on any atom is 0.344 e. The van der Waals surface area contributed by atoms with Crippen LogP contribution in [0.15, 0.2) is 18.2 Å². The zero-order chi connectivity index (χ0) is 16.7. The number of carbonyl (C=O) groups is 3. The number of esters is 2. The monoisotopic (exact) mass is 330 g/mol. The minimum absolute atomic E-state index is 0.0446. The summed E-state index contributed by atoms with van der Waals surface area (Å²) in [5.74, 6) is -2.33. The Morgan fingerprint density at radius 2 is 2.00 bits per heavy atom. The molecule has 0 radical (unpaired) electrons. The van der Waals surface area contributed by atoms with Crippen molar-refractivity contribution in [2.24, 2.45) is 0 Å². The second-order valence-electron chi connectivity index (χ2n) is 3.84. The summed E-state index contributed by atoms with van der Waals surface area (Å²) in [6, 6.07) is 3.45. The molecular formula is C12H11ClN2O7. The number of amides is 1. The number of nitrogens with zero attached hydrogens (tertiary/aromatic N) is 1. The van der Waals surface area contributed by atoms with E-state index in [4.69, 9.17) is 11.6 Å². The van der Waals surface area contributed by atoms with Gasteiger partial charge in [-0.2, -0.15) is 0 Å². The Hall–Kier alpha value is -2.68. The second kappa shape index (κ2) is 7.93. The number of methoxy groups -OCH3 is 1. The van der Waals surface area contributed by atoms with Crippen LogP contribution in [-0.2, 0) is 19.1 Å². The summed E-state index contributed by atoms with van der Waals surface area (Å²) < 4.78 is 8.77. The van der Waals surface area contributed by atoms with E-state index in [2.05, 4.69) is 14.8 Å². The predicted octanol–water partition coefficient (Wildman–Crippen LogP) is 0.694. The molecule has 0 bridgehead atoms. The Balaban J connectivity index is 2.59. The largest absolute Gasteiger partial charge is 0.466 e. The lowest BCUT2D eigenvalue weighted by Crippen LogP contribution is -2.31. The van der Waals surface area contributed by atoms with Crippen LogP contribution in [0, 0.1) is 10.1 Å². The van der Waals surface area contributed by atoms with Crippen molar-refractivity contribution >= 4 is 35.1 Å². The average molecular weight is 331 g/mol. The Labute approximate surface area is 129 Å². The lowest BCUT2D eigenvalue weighted by Gasteiger charge is -2.06. The summed E-state index contributed by atoms with van der Waals surface area (Å²) in [6.07, 6.45) is 0. The van der Waals surface area contributed by atoms with Gasteiger partial charge in [0, 0.05) is 11.6 Å². The van der Waals surface area contributed by atoms with Crippen molar-refractivity contribution in [3.8, 4) is 0 Å². The Morgan fingerprint density at radius 1 is 1.32 bits per heavy atom. The van der Waals surface area contributed by atoms with E-state index in [0.29, 0.717) is 0 Å². The maximum atomic E-state index is 11.8. The number of benzene rings is 1. The molecule has 0 saturated heterocycles. The third-order valence-corrected chi connectivity index (χ3v) is 2.70. The van der Waals surface area contributed by atoms with Gasteiger partial charge < -0.3 is 14.8 Å². The van der Waals surface area contributed by atoms with Crippen LogP contribution in [0.25, 0.3) is 0 Å². The summed E-state index contributed by atoms with van der Waals surface area (Å²) in [7, 11) is 1.13. The fraction of sp³-hybridized carbons (Fsp3) is 0.250. The van der Waals surface area contributed by atoms with Gasteiger partial charge in [0.2, 0.25) is 0 Å². The van der Waals surface area contributed by atoms with Crippen molar-refractivity contribution in [1.82, 2.24) is 5.32 Å². The quantitative estimate of drug-likeness (QED) is 0.462. The highest BCUT2D eigenvalue weighted by Gasteiger charge is 2.17. The number of nitro benzene ring substituents is 1. The fourth-order valence-corrected chi connectivity index (χ4v) is 1.48. The third kappa shape index (κ3) is 5.02. The smallest absolute Gasteiger partial charge is 0.344 e. The molecule has 0 aromatic heterocycles. The number of rotatable bonds is 6. The SMILES string of the molecule is COC(=O)COC(=O)CNC(=O)c1ccc(Cl)c([N+](=O)[O-])c1. The molecular weight excluding hydrogens is 320 g/mol. The van der Waals surface area contributed by atoms with E-state index >= 15 is 0 Å². The first kappa shape index (κ1) is 17.4. The van der Waals surface area contributed by atoms with Crippen LogP contribution in [0.3, 0.4) is 0 Å². The Morgan fingerprint density at radius 3 is 2.59 bits per heavy atom. The zero-order valence-corrected chi connectivity index (χ0v) is 12.1. The predicted molar refractivity (Wildman–Crippen MR) is 73.4 cm³/mol. The molecule has 1 rings (SSSR count). The van der Waals surface area contributed by atoms with Gasteiger partial charge >= 0.3 is 11.9 Å². The third-order valence-electron chi connectivity index (χ3n) is 2.38. The van der Waals surface area contributed by atoms with Crippen molar-refractivity contribution in [2.45, 2.75) is 0 Å². The van der Waals surface area contributed by atoms with E-state index in [1.54, 1.807) is 0 Å². The number of nitrogens with one attached hydrogen (secondary N) is 1. The van der Waals surface area contributed by atoms with Crippen LogP contribution in [-0.4, -0.2) is 43.0 Å². The van der Waals surface area contributed by atoms with Crippen molar-refractivity contribution < 1.29 is 28.8 Å². The van der Waals surface area contributed by atoms with E-state index in [9.17, 15) is 24.5 Å². The topological polar surface area (TPSA) is 125 Å². The molecule has 22 heavy (non-hydrogen) atoms. The first-order valence-corrected chi connectivity index (χ1v) is 6.17. The van der Waals surface area contributed by atoms with Gasteiger partial charge in [0.1, 0.15) is 11.6 Å². The van der Waals surface area contributed by atoms with Gasteiger partial charge in [-0.25, -0.2) is 4.79 Å². The summed E-state index contributed by atoms with van der Waals surface area (Å²) in [5, 5.41) is 12.8. The van der Waals surface area contributed by atoms with Crippen molar-refractivity contribution in [3.63, 3.8) is 0 Å². The summed E-state index contributed by atoms with van der Waals surface area (Å²) in [6.45, 7) is -1.08. The van der Waals surface area contributed by atoms with E-state index in [-0.39, 0.29) is 10.6 Å². The minimum Gasteiger partial charge on any atom is -0.466 e. The summed E-state index contributed by atoms with van der Waals surface area (Å²) in [5.41, 5.74) is -0.473. The molecule has 1 N–H and O–H groups in total. The molecule has 0 fully saturated rings. The number of nitro groups is 1. The van der Waals surface area contributed by atoms with Gasteiger partial charge in [0.05, 0.1) is 12.0 Å². The van der Waals surface area contributed by atoms with Crippen LogP contribution in [0.4, 0.5) is 5.69 Å². The highest BCUT2D eigenvalue weighted by atomic mass is 35.5. The molecule has 9 nitrogen and oxygen atoms in total. The molecule has 1 amide bonds. The molecule has 10 heteroatoms. The fourth-order valence-electron chi connectivity index (χ4n) is 1.30. The summed E-state index contributed by atoms with van der Waals surface area (Å²) >= 11 is 5.62. The number of hydrogen-bond acceptors (Lipinski definition) is 7. The van der Waals surface area contributed by atoms with Crippen LogP contribution in [0.1, 0.15) is 10.4 Å². The molecule has 0 atom stereocenters.